The number of hydrogen-bond acceptors (Lipinski definition) is 2. The Morgan fingerprint density at radius 2 is 1.83 bits per heavy atom. The average molecular weight is 383 g/mol. The van der Waals surface area contributed by atoms with Crippen molar-refractivity contribution in [2.75, 3.05) is 13.7 Å². The Labute approximate surface area is 172 Å². The van der Waals surface area contributed by atoms with Gasteiger partial charge in [-0.3, -0.25) is 4.79 Å². The van der Waals surface area contributed by atoms with Crippen molar-refractivity contribution >= 4 is 11.5 Å². The molecule has 2 aromatic carbocycles. The molecule has 1 amide bonds. The fraction of sp³-hybridized carbons (Fsp3) is 0.269. The second-order valence-electron chi connectivity index (χ2n) is 8.09. The second kappa shape index (κ2) is 7.40. The topological polar surface area (TPSA) is 29.5 Å². The summed E-state index contributed by atoms with van der Waals surface area (Å²) in [5.41, 5.74) is 6.50. The summed E-state index contributed by atoms with van der Waals surface area (Å²) in [4.78, 5) is 15.0. The van der Waals surface area contributed by atoms with Crippen LogP contribution in [0.2, 0.25) is 0 Å². The van der Waals surface area contributed by atoms with E-state index in [1.165, 1.54) is 22.3 Å². The third-order valence-electron chi connectivity index (χ3n) is 6.40. The van der Waals surface area contributed by atoms with Crippen LogP contribution in [0.1, 0.15) is 24.0 Å². The number of hydrogen-bond donors (Lipinski definition) is 0. The minimum atomic E-state index is 0.125. The highest BCUT2D eigenvalue weighted by Gasteiger charge is 2.39. The summed E-state index contributed by atoms with van der Waals surface area (Å²) in [5.74, 6) is 1.68. The van der Waals surface area contributed by atoms with Crippen molar-refractivity contribution in [3.63, 3.8) is 0 Å². The van der Waals surface area contributed by atoms with E-state index in [4.69, 9.17) is 4.74 Å². The molecule has 2 bridgehead atoms. The van der Waals surface area contributed by atoms with Crippen LogP contribution in [0.4, 0.5) is 0 Å². The molecule has 146 valence electrons. The molecule has 0 radical (unpaired) electrons. The molecule has 0 aromatic heterocycles. The number of likely N-dealkylation sites (tertiary alicyclic amines) is 1. The summed E-state index contributed by atoms with van der Waals surface area (Å²) in [6.07, 6.45) is 8.63. The first-order valence-electron chi connectivity index (χ1n) is 10.3. The molecule has 1 aliphatic heterocycles. The van der Waals surface area contributed by atoms with Gasteiger partial charge in [0, 0.05) is 24.9 Å². The van der Waals surface area contributed by atoms with Crippen LogP contribution in [0.5, 0.6) is 5.75 Å². The molecule has 0 unspecified atom stereocenters. The van der Waals surface area contributed by atoms with Crippen LogP contribution in [0.3, 0.4) is 0 Å². The molecule has 0 spiro atoms. The summed E-state index contributed by atoms with van der Waals surface area (Å²) in [6.45, 7) is 1.53. The fourth-order valence-corrected chi connectivity index (χ4v) is 4.73. The zero-order valence-corrected chi connectivity index (χ0v) is 16.7. The van der Waals surface area contributed by atoms with Crippen LogP contribution in [-0.4, -0.2) is 24.5 Å². The summed E-state index contributed by atoms with van der Waals surface area (Å²) in [5, 5.41) is 0. The van der Waals surface area contributed by atoms with Gasteiger partial charge in [-0.15, -0.1) is 0 Å². The molecule has 2 atom stereocenters. The number of carbonyl (C=O) groups excluding carboxylic acids is 1. The van der Waals surface area contributed by atoms with Crippen molar-refractivity contribution in [3.8, 4) is 5.75 Å². The lowest BCUT2D eigenvalue weighted by atomic mass is 9.67. The molecule has 2 aliphatic carbocycles. The van der Waals surface area contributed by atoms with Gasteiger partial charge in [0.05, 0.1) is 7.11 Å². The maximum atomic E-state index is 13.0. The SMILES string of the molecule is COc1ccc(CN2CC[C@H](C[C@H]3c4ccc(-c5ccccc5)c3c4)C2=O)cc1. The maximum absolute atomic E-state index is 13.0. The number of benzene rings is 2. The van der Waals surface area contributed by atoms with Crippen LogP contribution in [0.25, 0.3) is 5.57 Å². The minimum absolute atomic E-state index is 0.125. The van der Waals surface area contributed by atoms with E-state index in [1.54, 1.807) is 7.11 Å². The Balaban J connectivity index is 1.23. The lowest BCUT2D eigenvalue weighted by molar-refractivity contribution is -0.131. The summed E-state index contributed by atoms with van der Waals surface area (Å²) in [6, 6.07) is 18.6. The Kier molecular flexibility index (Phi) is 4.59. The van der Waals surface area contributed by atoms with E-state index in [2.05, 4.69) is 48.6 Å². The second-order valence-corrected chi connectivity index (χ2v) is 8.09. The molecule has 0 N–H and O–H groups in total. The smallest absolute Gasteiger partial charge is 0.226 e. The number of ether oxygens (including phenoxy) is 1. The largest absolute Gasteiger partial charge is 0.497 e. The standard InChI is InChI=1S/C26H25NO2/c1-29-22-10-7-18(8-11-22)17-27-14-13-21(26(27)28)16-24-20-9-12-23(25(24)15-20)19-5-3-2-4-6-19/h2-12,15,21,24H,13-14,16-17H2,1H3/t21-,24+/m1/s1. The quantitative estimate of drug-likeness (QED) is 0.701. The van der Waals surface area contributed by atoms with Crippen LogP contribution < -0.4 is 4.74 Å². The highest BCUT2D eigenvalue weighted by atomic mass is 16.5. The molecule has 1 saturated heterocycles. The zero-order valence-electron chi connectivity index (χ0n) is 16.7. The molecule has 2 aromatic rings. The molecule has 3 nitrogen and oxygen atoms in total. The Morgan fingerprint density at radius 1 is 1.03 bits per heavy atom. The molecule has 3 aliphatic rings. The van der Waals surface area contributed by atoms with Gasteiger partial charge < -0.3 is 9.64 Å². The molecule has 1 fully saturated rings. The number of methoxy groups -OCH3 is 1. The third-order valence-corrected chi connectivity index (χ3v) is 6.40. The van der Waals surface area contributed by atoms with Gasteiger partial charge in [-0.1, -0.05) is 60.7 Å². The average Bonchev–Trinajstić information content (AvgIpc) is 3.12. The van der Waals surface area contributed by atoms with Gasteiger partial charge in [-0.25, -0.2) is 0 Å². The number of fused-ring (bicyclic) bond motifs is 2. The highest BCUT2D eigenvalue weighted by molar-refractivity contribution is 5.88. The normalized spacial score (nSPS) is 22.6. The van der Waals surface area contributed by atoms with Gasteiger partial charge in [-0.05, 0) is 52.8 Å². The predicted molar refractivity (Wildman–Crippen MR) is 115 cm³/mol. The van der Waals surface area contributed by atoms with E-state index >= 15 is 0 Å². The molecular formula is C26H25NO2. The Bertz CT molecular complexity index is 1010. The molecule has 0 saturated carbocycles. The molecular weight excluding hydrogens is 358 g/mol. The first kappa shape index (κ1) is 18.0. The van der Waals surface area contributed by atoms with E-state index in [0.717, 1.165) is 30.7 Å². The van der Waals surface area contributed by atoms with Crippen molar-refractivity contribution in [1.82, 2.24) is 4.90 Å². The van der Waals surface area contributed by atoms with E-state index in [0.29, 0.717) is 18.4 Å². The minimum Gasteiger partial charge on any atom is -0.497 e. The number of amides is 1. The van der Waals surface area contributed by atoms with E-state index < -0.39 is 0 Å². The summed E-state index contributed by atoms with van der Waals surface area (Å²) >= 11 is 0. The van der Waals surface area contributed by atoms with Crippen molar-refractivity contribution in [2.45, 2.75) is 19.4 Å². The Hall–Kier alpha value is -3.07. The third kappa shape index (κ3) is 3.31. The maximum Gasteiger partial charge on any atom is 0.226 e. The van der Waals surface area contributed by atoms with E-state index in [1.807, 2.05) is 29.2 Å². The van der Waals surface area contributed by atoms with Gasteiger partial charge in [0.2, 0.25) is 5.91 Å². The number of allylic oxidation sites excluding steroid dienone is 6. The molecule has 5 rings (SSSR count). The monoisotopic (exact) mass is 383 g/mol. The summed E-state index contributed by atoms with van der Waals surface area (Å²) < 4.78 is 5.22. The van der Waals surface area contributed by atoms with Crippen molar-refractivity contribution in [1.29, 1.82) is 0 Å². The first-order valence-corrected chi connectivity index (χ1v) is 10.3. The van der Waals surface area contributed by atoms with E-state index in [-0.39, 0.29) is 5.92 Å². The molecule has 1 heterocycles. The van der Waals surface area contributed by atoms with Gasteiger partial charge in [0.25, 0.3) is 0 Å². The highest BCUT2D eigenvalue weighted by Crippen LogP contribution is 2.49. The number of rotatable bonds is 6. The lowest BCUT2D eigenvalue weighted by Crippen LogP contribution is -2.29. The zero-order chi connectivity index (χ0) is 19.8. The number of nitrogens with zero attached hydrogens (tertiary/aromatic N) is 1. The predicted octanol–water partition coefficient (Wildman–Crippen LogP) is 5.01. The Morgan fingerprint density at radius 3 is 2.55 bits per heavy atom. The van der Waals surface area contributed by atoms with Gasteiger partial charge in [0.1, 0.15) is 5.75 Å². The van der Waals surface area contributed by atoms with Crippen LogP contribution in [-0.2, 0) is 11.3 Å². The first-order chi connectivity index (χ1) is 14.2. The molecule has 3 heteroatoms. The van der Waals surface area contributed by atoms with Crippen molar-refractivity contribution in [3.05, 3.63) is 95.1 Å². The van der Waals surface area contributed by atoms with Gasteiger partial charge in [-0.2, -0.15) is 0 Å². The fourth-order valence-electron chi connectivity index (χ4n) is 4.73. The molecule has 29 heavy (non-hydrogen) atoms. The van der Waals surface area contributed by atoms with Crippen molar-refractivity contribution in [2.24, 2.45) is 11.8 Å². The van der Waals surface area contributed by atoms with Gasteiger partial charge >= 0.3 is 0 Å². The van der Waals surface area contributed by atoms with E-state index in [9.17, 15) is 4.79 Å². The summed E-state index contributed by atoms with van der Waals surface area (Å²) in [7, 11) is 1.67. The van der Waals surface area contributed by atoms with Crippen LogP contribution in [0.15, 0.2) is 84.0 Å². The number of carbonyl (C=O) groups is 1. The lowest BCUT2D eigenvalue weighted by Gasteiger charge is -2.36. The van der Waals surface area contributed by atoms with Crippen LogP contribution in [0, 0.1) is 11.8 Å². The van der Waals surface area contributed by atoms with Gasteiger partial charge in [0.15, 0.2) is 0 Å². The van der Waals surface area contributed by atoms with Crippen molar-refractivity contribution < 1.29 is 9.53 Å². The van der Waals surface area contributed by atoms with Crippen LogP contribution >= 0.6 is 0 Å².